The van der Waals surface area contributed by atoms with Gasteiger partial charge in [0.25, 0.3) is 0 Å². The fourth-order valence-corrected chi connectivity index (χ4v) is 3.44. The van der Waals surface area contributed by atoms with E-state index in [0.717, 1.165) is 18.7 Å². The third kappa shape index (κ3) is 4.90. The largest absolute Gasteiger partial charge is 0.437 e. The minimum absolute atomic E-state index is 0.101. The number of anilines is 1. The monoisotopic (exact) mass is 406 g/mol. The minimum Gasteiger partial charge on any atom is -0.437 e. The number of nitrogens with zero attached hydrogens (tertiary/aromatic N) is 4. The Balaban J connectivity index is 1.67. The molecule has 2 heterocycles. The Morgan fingerprint density at radius 1 is 1.32 bits per heavy atom. The molecule has 0 radical (unpaired) electrons. The average Bonchev–Trinajstić information content (AvgIpc) is 2.68. The molecule has 1 amide bonds. The maximum atomic E-state index is 13.2. The maximum absolute atomic E-state index is 13.2. The highest BCUT2D eigenvalue weighted by atomic mass is 35.5. The van der Waals surface area contributed by atoms with Gasteiger partial charge in [-0.1, -0.05) is 24.9 Å². The molecule has 0 bridgehead atoms. The first-order valence-electron chi connectivity index (χ1n) is 9.47. The fraction of sp³-hybridized carbons (Fsp3) is 0.450. The molecule has 1 aliphatic rings. The smallest absolute Gasteiger partial charge is 0.224 e. The number of benzene rings is 1. The number of carbonyl (C=O) groups is 1. The van der Waals surface area contributed by atoms with Crippen LogP contribution in [0.1, 0.15) is 33.1 Å². The quantitative estimate of drug-likeness (QED) is 0.716. The van der Waals surface area contributed by atoms with Gasteiger partial charge in [0.05, 0.1) is 5.02 Å². The van der Waals surface area contributed by atoms with Gasteiger partial charge < -0.3 is 14.5 Å². The van der Waals surface area contributed by atoms with Crippen molar-refractivity contribution in [3.05, 3.63) is 41.4 Å². The molecule has 1 atom stereocenters. The highest BCUT2D eigenvalue weighted by Crippen LogP contribution is 2.30. The number of hydrogen-bond acceptors (Lipinski definition) is 5. The van der Waals surface area contributed by atoms with E-state index in [9.17, 15) is 9.18 Å². The van der Waals surface area contributed by atoms with E-state index in [1.54, 1.807) is 6.07 Å². The zero-order valence-electron chi connectivity index (χ0n) is 16.1. The molecule has 6 nitrogen and oxygen atoms in total. The van der Waals surface area contributed by atoms with Crippen molar-refractivity contribution in [3.8, 4) is 11.6 Å². The van der Waals surface area contributed by atoms with E-state index in [2.05, 4.69) is 21.8 Å². The first-order valence-corrected chi connectivity index (χ1v) is 9.85. The van der Waals surface area contributed by atoms with Crippen molar-refractivity contribution in [2.24, 2.45) is 0 Å². The van der Waals surface area contributed by atoms with Crippen molar-refractivity contribution in [3.63, 3.8) is 0 Å². The number of amides is 1. The van der Waals surface area contributed by atoms with Crippen LogP contribution in [0.5, 0.6) is 11.6 Å². The SMILES string of the molecule is CCCCC(=O)N1CCN(c2cc(Oc3ccc(F)cc3Cl)ncn2)C[C@H]1C. The lowest BCUT2D eigenvalue weighted by atomic mass is 10.1. The van der Waals surface area contributed by atoms with Gasteiger partial charge in [0.2, 0.25) is 11.8 Å². The number of carbonyl (C=O) groups excluding carboxylic acids is 1. The summed E-state index contributed by atoms with van der Waals surface area (Å²) in [7, 11) is 0. The van der Waals surface area contributed by atoms with Gasteiger partial charge in [0.15, 0.2) is 0 Å². The van der Waals surface area contributed by atoms with E-state index in [0.29, 0.717) is 37.7 Å². The summed E-state index contributed by atoms with van der Waals surface area (Å²) >= 11 is 6.01. The number of halogens is 2. The van der Waals surface area contributed by atoms with Crippen LogP contribution in [-0.2, 0) is 4.79 Å². The van der Waals surface area contributed by atoms with Crippen LogP contribution in [0.2, 0.25) is 5.02 Å². The Bertz CT molecular complexity index is 836. The molecule has 0 N–H and O–H groups in total. The number of unbranched alkanes of at least 4 members (excludes halogenated alkanes) is 1. The summed E-state index contributed by atoms with van der Waals surface area (Å²) in [5.41, 5.74) is 0. The van der Waals surface area contributed by atoms with Gasteiger partial charge in [-0.15, -0.1) is 0 Å². The molecule has 8 heteroatoms. The molecular weight excluding hydrogens is 383 g/mol. The number of aromatic nitrogens is 2. The van der Waals surface area contributed by atoms with Crippen LogP contribution in [0.4, 0.5) is 10.2 Å². The van der Waals surface area contributed by atoms with E-state index >= 15 is 0 Å². The molecule has 1 fully saturated rings. The first kappa shape index (κ1) is 20.3. The predicted molar refractivity (Wildman–Crippen MR) is 106 cm³/mol. The number of ether oxygens (including phenoxy) is 1. The lowest BCUT2D eigenvalue weighted by Gasteiger charge is -2.40. The van der Waals surface area contributed by atoms with Gasteiger partial charge in [0.1, 0.15) is 23.7 Å². The second kappa shape index (κ2) is 9.19. The molecule has 1 aromatic carbocycles. The number of rotatable bonds is 6. The molecule has 1 saturated heterocycles. The van der Waals surface area contributed by atoms with Gasteiger partial charge in [-0.2, -0.15) is 0 Å². The summed E-state index contributed by atoms with van der Waals surface area (Å²) < 4.78 is 18.9. The van der Waals surface area contributed by atoms with E-state index in [1.807, 2.05) is 11.8 Å². The van der Waals surface area contributed by atoms with Crippen LogP contribution in [0.25, 0.3) is 0 Å². The lowest BCUT2D eigenvalue weighted by Crippen LogP contribution is -2.54. The molecule has 1 aliphatic heterocycles. The summed E-state index contributed by atoms with van der Waals surface area (Å²) in [6, 6.07) is 5.75. The van der Waals surface area contributed by atoms with Crippen molar-refractivity contribution >= 4 is 23.3 Å². The summed E-state index contributed by atoms with van der Waals surface area (Å²) in [4.78, 5) is 24.8. The Morgan fingerprint density at radius 2 is 2.14 bits per heavy atom. The highest BCUT2D eigenvalue weighted by Gasteiger charge is 2.27. The van der Waals surface area contributed by atoms with Gasteiger partial charge >= 0.3 is 0 Å². The van der Waals surface area contributed by atoms with E-state index in [4.69, 9.17) is 16.3 Å². The molecule has 2 aromatic rings. The zero-order chi connectivity index (χ0) is 20.1. The van der Waals surface area contributed by atoms with Crippen LogP contribution < -0.4 is 9.64 Å². The third-order valence-corrected chi connectivity index (χ3v) is 5.05. The summed E-state index contributed by atoms with van der Waals surface area (Å²) in [5, 5.41) is 0.174. The maximum Gasteiger partial charge on any atom is 0.224 e. The van der Waals surface area contributed by atoms with Gasteiger partial charge in [-0.3, -0.25) is 4.79 Å². The second-order valence-electron chi connectivity index (χ2n) is 6.88. The Kier molecular flexibility index (Phi) is 6.67. The predicted octanol–water partition coefficient (Wildman–Crippen LogP) is 4.29. The standard InChI is InChI=1S/C20H24ClFN4O2/c1-3-4-5-20(27)26-9-8-25(12-14(26)2)18-11-19(24-13-23-18)28-17-7-6-15(22)10-16(17)21/h6-7,10-11,13-14H,3-5,8-9,12H2,1-2H3/t14-/m1/s1. The van der Waals surface area contributed by atoms with Gasteiger partial charge in [0, 0.05) is 38.2 Å². The molecule has 0 aliphatic carbocycles. The number of hydrogen-bond donors (Lipinski definition) is 0. The minimum atomic E-state index is -0.430. The van der Waals surface area contributed by atoms with Crippen LogP contribution >= 0.6 is 11.6 Å². The van der Waals surface area contributed by atoms with Crippen molar-refractivity contribution in [1.29, 1.82) is 0 Å². The van der Waals surface area contributed by atoms with Crippen molar-refractivity contribution in [1.82, 2.24) is 14.9 Å². The third-order valence-electron chi connectivity index (χ3n) is 4.75. The topological polar surface area (TPSA) is 58.6 Å². The normalized spacial score (nSPS) is 16.9. The van der Waals surface area contributed by atoms with Crippen LogP contribution in [-0.4, -0.2) is 46.5 Å². The highest BCUT2D eigenvalue weighted by molar-refractivity contribution is 6.32. The summed E-state index contributed by atoms with van der Waals surface area (Å²) in [6.45, 7) is 6.17. The zero-order valence-corrected chi connectivity index (χ0v) is 16.8. The lowest BCUT2D eigenvalue weighted by molar-refractivity contribution is -0.133. The molecule has 0 unspecified atom stereocenters. The second-order valence-corrected chi connectivity index (χ2v) is 7.28. The van der Waals surface area contributed by atoms with Crippen molar-refractivity contribution in [2.45, 2.75) is 39.2 Å². The van der Waals surface area contributed by atoms with Crippen molar-refractivity contribution < 1.29 is 13.9 Å². The van der Waals surface area contributed by atoms with Crippen LogP contribution in [0.15, 0.2) is 30.6 Å². The molecule has 1 aromatic heterocycles. The molecular formula is C20H24ClFN4O2. The van der Waals surface area contributed by atoms with E-state index in [1.165, 1.54) is 24.5 Å². The molecule has 150 valence electrons. The van der Waals surface area contributed by atoms with Gasteiger partial charge in [-0.25, -0.2) is 14.4 Å². The molecule has 0 saturated carbocycles. The Labute approximate surface area is 169 Å². The van der Waals surface area contributed by atoms with E-state index in [-0.39, 0.29) is 17.0 Å². The van der Waals surface area contributed by atoms with Crippen LogP contribution in [0.3, 0.4) is 0 Å². The number of piperazine rings is 1. The van der Waals surface area contributed by atoms with Gasteiger partial charge in [-0.05, 0) is 31.5 Å². The molecule has 28 heavy (non-hydrogen) atoms. The Hall–Kier alpha value is -2.41. The molecule has 0 spiro atoms. The first-order chi connectivity index (χ1) is 13.5. The van der Waals surface area contributed by atoms with Crippen LogP contribution in [0, 0.1) is 5.82 Å². The summed E-state index contributed by atoms with van der Waals surface area (Å²) in [6.07, 6.45) is 3.96. The summed E-state index contributed by atoms with van der Waals surface area (Å²) in [5.74, 6) is 1.16. The fourth-order valence-electron chi connectivity index (χ4n) is 3.24. The average molecular weight is 407 g/mol. The van der Waals surface area contributed by atoms with Crippen molar-refractivity contribution in [2.75, 3.05) is 24.5 Å². The Morgan fingerprint density at radius 3 is 2.86 bits per heavy atom. The van der Waals surface area contributed by atoms with E-state index < -0.39 is 5.82 Å². The molecule has 3 rings (SSSR count).